The number of Topliss-reactive ketones (excluding diaryl/α,β-unsaturated/α-hetero) is 1. The lowest BCUT2D eigenvalue weighted by Crippen LogP contribution is -2.57. The van der Waals surface area contributed by atoms with E-state index in [4.69, 9.17) is 35.2 Å². The minimum Gasteiger partial charge on any atom is -0.471 e. The van der Waals surface area contributed by atoms with E-state index < -0.39 is 30.3 Å². The molecule has 0 bridgehead atoms. The van der Waals surface area contributed by atoms with Crippen molar-refractivity contribution in [2.24, 2.45) is 5.41 Å². The van der Waals surface area contributed by atoms with Crippen LogP contribution in [0.3, 0.4) is 0 Å². The summed E-state index contributed by atoms with van der Waals surface area (Å²) in [5, 5.41) is 2.88. The third kappa shape index (κ3) is 10.3. The maximum Gasteiger partial charge on any atom is 0.364 e. The van der Waals surface area contributed by atoms with Crippen LogP contribution in [0.25, 0.3) is 11.2 Å². The molecule has 13 nitrogen and oxygen atoms in total. The molecule has 8 rings (SSSR count). The fourth-order valence-corrected chi connectivity index (χ4v) is 8.94. The van der Waals surface area contributed by atoms with Crippen LogP contribution in [-0.4, -0.2) is 74.3 Å². The molecule has 1 aliphatic rings. The van der Waals surface area contributed by atoms with E-state index in [2.05, 4.69) is 51.6 Å². The second-order valence-corrected chi connectivity index (χ2v) is 20.7. The number of carbonyl (C=O) groups excluding carboxylic acids is 2. The number of rotatable bonds is 16. The Morgan fingerprint density at radius 3 is 1.83 bits per heavy atom. The number of anilines is 1. The number of amides is 1. The van der Waals surface area contributed by atoms with Gasteiger partial charge in [0.05, 0.1) is 24.8 Å². The number of fused-ring (bicyclic) bond motifs is 1. The SMILES string of the molecule is CN(C)P(=O)(Cl)OC1CN(C(c2ccccc2)(c2ccccc2)c2ccccc2)CC(n2cnc3c(OCc4ccc(CC(=O)C(C)(C)C)cc4)nc(NC(=O)Cc4ccccc4)nc32)O1. The number of morpholine rings is 1. The molecular formula is C51H53ClN7O6P. The monoisotopic (exact) mass is 925 g/mol. The summed E-state index contributed by atoms with van der Waals surface area (Å²) in [5.41, 5.74) is 4.76. The van der Waals surface area contributed by atoms with Gasteiger partial charge in [-0.05, 0) is 58.7 Å². The predicted molar refractivity (Wildman–Crippen MR) is 256 cm³/mol. The van der Waals surface area contributed by atoms with Crippen molar-refractivity contribution in [1.82, 2.24) is 29.1 Å². The molecule has 5 aromatic carbocycles. The number of halogens is 1. The van der Waals surface area contributed by atoms with Gasteiger partial charge in [-0.25, -0.2) is 9.65 Å². The fourth-order valence-electron chi connectivity index (χ4n) is 8.08. The fraction of sp³-hybridized carbons (Fsp3) is 0.275. The number of benzene rings is 5. The maximum atomic E-state index is 13.8. The van der Waals surface area contributed by atoms with Crippen LogP contribution in [0.15, 0.2) is 152 Å². The quantitative estimate of drug-likeness (QED) is 0.0732. The molecule has 3 atom stereocenters. The number of imidazole rings is 1. The van der Waals surface area contributed by atoms with E-state index in [0.29, 0.717) is 17.6 Å². The Balaban J connectivity index is 1.22. The lowest BCUT2D eigenvalue weighted by atomic mass is 9.75. The Morgan fingerprint density at radius 1 is 0.758 bits per heavy atom. The lowest BCUT2D eigenvalue weighted by molar-refractivity contribution is -0.205. The van der Waals surface area contributed by atoms with Crippen LogP contribution >= 0.6 is 18.1 Å². The summed E-state index contributed by atoms with van der Waals surface area (Å²) < 4.78 is 36.3. The highest BCUT2D eigenvalue weighted by Gasteiger charge is 2.48. The first-order valence-electron chi connectivity index (χ1n) is 21.8. The average molecular weight is 926 g/mol. The van der Waals surface area contributed by atoms with Crippen LogP contribution in [0.5, 0.6) is 5.88 Å². The van der Waals surface area contributed by atoms with E-state index in [1.54, 1.807) is 25.0 Å². The second-order valence-electron chi connectivity index (χ2n) is 17.5. The number of nitrogens with zero attached hydrogens (tertiary/aromatic N) is 6. The molecule has 0 saturated carbocycles. The predicted octanol–water partition coefficient (Wildman–Crippen LogP) is 9.82. The van der Waals surface area contributed by atoms with Gasteiger partial charge in [0.2, 0.25) is 17.7 Å². The third-order valence-electron chi connectivity index (χ3n) is 11.6. The van der Waals surface area contributed by atoms with Gasteiger partial charge >= 0.3 is 6.87 Å². The summed E-state index contributed by atoms with van der Waals surface area (Å²) in [6, 6.07) is 47.7. The van der Waals surface area contributed by atoms with Gasteiger partial charge in [0.15, 0.2) is 23.7 Å². The Bertz CT molecular complexity index is 2710. The number of nitrogens with one attached hydrogen (secondary N) is 1. The van der Waals surface area contributed by atoms with Crippen LogP contribution < -0.4 is 10.1 Å². The smallest absolute Gasteiger partial charge is 0.364 e. The summed E-state index contributed by atoms with van der Waals surface area (Å²) in [6.07, 6.45) is 0.0179. The van der Waals surface area contributed by atoms with Crippen molar-refractivity contribution >= 4 is 46.9 Å². The number of ether oxygens (including phenoxy) is 2. The molecule has 0 spiro atoms. The van der Waals surface area contributed by atoms with Gasteiger partial charge in [0, 0.05) is 18.4 Å². The van der Waals surface area contributed by atoms with Gasteiger partial charge in [-0.2, -0.15) is 9.97 Å². The van der Waals surface area contributed by atoms with Gasteiger partial charge < -0.3 is 9.47 Å². The Morgan fingerprint density at radius 2 is 1.29 bits per heavy atom. The van der Waals surface area contributed by atoms with Crippen molar-refractivity contribution in [3.8, 4) is 5.88 Å². The molecule has 340 valence electrons. The zero-order chi connectivity index (χ0) is 46.5. The van der Waals surface area contributed by atoms with Crippen LogP contribution in [0, 0.1) is 5.41 Å². The highest BCUT2D eigenvalue weighted by Crippen LogP contribution is 2.56. The van der Waals surface area contributed by atoms with Crippen molar-refractivity contribution in [1.29, 1.82) is 0 Å². The van der Waals surface area contributed by atoms with Crippen LogP contribution in [0.1, 0.15) is 60.4 Å². The molecule has 3 unspecified atom stereocenters. The molecule has 0 aliphatic carbocycles. The van der Waals surface area contributed by atoms with Crippen molar-refractivity contribution in [2.75, 3.05) is 32.5 Å². The topological polar surface area (TPSA) is 141 Å². The Labute approximate surface area is 390 Å². The van der Waals surface area contributed by atoms with Crippen molar-refractivity contribution in [2.45, 2.75) is 58.3 Å². The minimum atomic E-state index is -3.88. The summed E-state index contributed by atoms with van der Waals surface area (Å²) >= 11 is 6.62. The molecular weight excluding hydrogens is 873 g/mol. The van der Waals surface area contributed by atoms with E-state index in [-0.39, 0.29) is 49.6 Å². The summed E-state index contributed by atoms with van der Waals surface area (Å²) in [7, 11) is 3.18. The molecule has 0 radical (unpaired) electrons. The first-order valence-corrected chi connectivity index (χ1v) is 24.2. The largest absolute Gasteiger partial charge is 0.471 e. The number of hydrogen-bond acceptors (Lipinski definition) is 10. The Kier molecular flexibility index (Phi) is 14.0. The molecule has 1 amide bonds. The molecule has 2 aromatic heterocycles. The number of hydrogen-bond donors (Lipinski definition) is 1. The summed E-state index contributed by atoms with van der Waals surface area (Å²) in [6.45, 7) is 2.38. The third-order valence-corrected chi connectivity index (χ3v) is 14.2. The lowest BCUT2D eigenvalue weighted by Gasteiger charge is -2.50. The van der Waals surface area contributed by atoms with Crippen molar-refractivity contribution in [3.63, 3.8) is 0 Å². The van der Waals surface area contributed by atoms with Crippen molar-refractivity contribution in [3.05, 3.63) is 185 Å². The van der Waals surface area contributed by atoms with E-state index >= 15 is 0 Å². The second kappa shape index (κ2) is 19.8. The molecule has 15 heteroatoms. The zero-order valence-electron chi connectivity index (χ0n) is 37.6. The normalized spacial score (nSPS) is 16.8. The standard InChI is InChI=1S/C51H53ClN7O6P/c1-50(2,3)42(60)30-37-26-28-38(29-27-37)34-63-48-46-47(55-49(56-48)54-43(61)31-36-18-10-6-11-19-36)59(35-53-46)44-32-58(33-45(64-44)65-66(52,62)57(4)5)51(39-20-12-7-13-21-39,40-22-14-8-15-23-40)41-24-16-9-17-25-41/h6-29,35,44-45H,30-34H2,1-5H3,(H,54,55,56,61). The van der Waals surface area contributed by atoms with Gasteiger partial charge in [-0.1, -0.05) is 166 Å². The van der Waals surface area contributed by atoms with E-state index in [0.717, 1.165) is 33.4 Å². The zero-order valence-corrected chi connectivity index (χ0v) is 39.2. The number of aromatic nitrogens is 4. The Hall–Kier alpha value is -6.05. The maximum absolute atomic E-state index is 13.8. The molecule has 1 N–H and O–H groups in total. The first kappa shape index (κ1) is 46.5. The molecule has 1 fully saturated rings. The van der Waals surface area contributed by atoms with Gasteiger partial charge in [-0.15, -0.1) is 0 Å². The molecule has 1 saturated heterocycles. The van der Waals surface area contributed by atoms with Crippen molar-refractivity contribution < 1.29 is 28.2 Å². The summed E-state index contributed by atoms with van der Waals surface area (Å²) in [5.74, 6) is -0.0463. The molecule has 66 heavy (non-hydrogen) atoms. The summed E-state index contributed by atoms with van der Waals surface area (Å²) in [4.78, 5) is 42.8. The van der Waals surface area contributed by atoms with E-state index in [9.17, 15) is 14.2 Å². The van der Waals surface area contributed by atoms with E-state index in [1.165, 1.54) is 4.67 Å². The van der Waals surface area contributed by atoms with Crippen LogP contribution in [-0.2, 0) is 48.4 Å². The number of carbonyl (C=O) groups is 2. The minimum absolute atomic E-state index is 0.00163. The molecule has 3 heterocycles. The van der Waals surface area contributed by atoms with E-state index in [1.807, 2.05) is 130 Å². The van der Waals surface area contributed by atoms with Crippen LogP contribution in [0.2, 0.25) is 0 Å². The number of ketones is 1. The highest BCUT2D eigenvalue weighted by molar-refractivity contribution is 7.83. The molecule has 7 aromatic rings. The van der Waals surface area contributed by atoms with Gasteiger partial charge in [0.25, 0.3) is 0 Å². The van der Waals surface area contributed by atoms with Gasteiger partial charge in [0.1, 0.15) is 12.4 Å². The van der Waals surface area contributed by atoms with Crippen LogP contribution in [0.4, 0.5) is 5.95 Å². The highest BCUT2D eigenvalue weighted by atomic mass is 35.7. The van der Waals surface area contributed by atoms with Gasteiger partial charge in [-0.3, -0.25) is 33.5 Å². The average Bonchev–Trinajstić information content (AvgIpc) is 3.74. The first-order chi connectivity index (χ1) is 31.7. The molecule has 1 aliphatic heterocycles.